The van der Waals surface area contributed by atoms with Crippen molar-refractivity contribution in [2.75, 3.05) is 19.0 Å². The van der Waals surface area contributed by atoms with E-state index >= 15 is 0 Å². The van der Waals surface area contributed by atoms with Crippen molar-refractivity contribution in [3.8, 4) is 16.9 Å². The highest BCUT2D eigenvalue weighted by Crippen LogP contribution is 2.40. The Morgan fingerprint density at radius 2 is 1.76 bits per heavy atom. The molecule has 0 radical (unpaired) electrons. The van der Waals surface area contributed by atoms with E-state index in [1.54, 1.807) is 0 Å². The number of carbonyl (C=O) groups is 2. The number of methoxy groups -OCH3 is 1. The van der Waals surface area contributed by atoms with E-state index in [1.807, 2.05) is 50.2 Å². The molecule has 0 spiro atoms. The van der Waals surface area contributed by atoms with Crippen molar-refractivity contribution in [3.05, 3.63) is 66.9 Å². The second-order valence-corrected chi connectivity index (χ2v) is 10.9. The summed E-state index contributed by atoms with van der Waals surface area (Å²) in [5.74, 6) is 0.0596. The predicted octanol–water partition coefficient (Wildman–Crippen LogP) is 7.48. The molecule has 0 aliphatic heterocycles. The van der Waals surface area contributed by atoms with Crippen LogP contribution in [0.2, 0.25) is 0 Å². The third kappa shape index (κ3) is 5.86. The van der Waals surface area contributed by atoms with Gasteiger partial charge in [0.15, 0.2) is 6.61 Å². The minimum atomic E-state index is -0.501. The molecule has 0 aliphatic rings. The zero-order valence-corrected chi connectivity index (χ0v) is 23.0. The number of esters is 1. The molecule has 0 aliphatic carbocycles. The predicted molar refractivity (Wildman–Crippen MR) is 141 cm³/mol. The molecule has 1 amide bonds. The third-order valence-electron chi connectivity index (χ3n) is 5.13. The van der Waals surface area contributed by atoms with Gasteiger partial charge in [0.1, 0.15) is 16.3 Å². The topological polar surface area (TPSA) is 64.6 Å². The molecule has 8 heteroatoms. The molecule has 0 fully saturated rings. The number of hydrogen-bond acceptors (Lipinski definition) is 5. The van der Waals surface area contributed by atoms with E-state index in [1.165, 1.54) is 18.4 Å². The molecule has 2 aromatic carbocycles. The van der Waals surface area contributed by atoms with Crippen molar-refractivity contribution in [3.63, 3.8) is 0 Å². The minimum absolute atomic E-state index is 0.175. The van der Waals surface area contributed by atoms with Crippen LogP contribution in [0.5, 0.6) is 5.75 Å². The molecule has 1 aromatic heterocycles. The van der Waals surface area contributed by atoms with Crippen LogP contribution in [0.4, 0.5) is 5.00 Å². The fourth-order valence-corrected chi connectivity index (χ4v) is 5.15. The van der Waals surface area contributed by atoms with Crippen LogP contribution in [0.25, 0.3) is 11.1 Å². The molecule has 1 N–H and O–H groups in total. The van der Waals surface area contributed by atoms with Crippen LogP contribution < -0.4 is 10.1 Å². The SMILES string of the molecule is COC(=O)c1c(NC(=O)COc2cc(C)c(Br)cc2C(C)C)sc(C)c1-c1ccc(Br)cc1. The van der Waals surface area contributed by atoms with Gasteiger partial charge in [-0.2, -0.15) is 0 Å². The van der Waals surface area contributed by atoms with Crippen molar-refractivity contribution in [2.45, 2.75) is 33.6 Å². The lowest BCUT2D eigenvalue weighted by molar-refractivity contribution is -0.118. The number of ether oxygens (including phenoxy) is 2. The summed E-state index contributed by atoms with van der Waals surface area (Å²) in [7, 11) is 1.33. The van der Waals surface area contributed by atoms with Crippen LogP contribution in [0.3, 0.4) is 0 Å². The van der Waals surface area contributed by atoms with E-state index in [0.29, 0.717) is 16.3 Å². The Labute approximate surface area is 214 Å². The molecule has 0 saturated carbocycles. The van der Waals surface area contributed by atoms with Crippen molar-refractivity contribution < 1.29 is 19.1 Å². The summed E-state index contributed by atoms with van der Waals surface area (Å²) in [5.41, 5.74) is 4.01. The van der Waals surface area contributed by atoms with Crippen molar-refractivity contribution >= 4 is 60.1 Å². The first-order valence-corrected chi connectivity index (χ1v) is 12.7. The third-order valence-corrected chi connectivity index (χ3v) is 7.54. The molecule has 0 saturated heterocycles. The highest BCUT2D eigenvalue weighted by molar-refractivity contribution is 9.10. The first-order valence-electron chi connectivity index (χ1n) is 10.3. The Kier molecular flexibility index (Phi) is 8.37. The number of hydrogen-bond donors (Lipinski definition) is 1. The molecular weight excluding hydrogens is 570 g/mol. The van der Waals surface area contributed by atoms with E-state index < -0.39 is 5.97 Å². The summed E-state index contributed by atoms with van der Waals surface area (Å²) in [6.07, 6.45) is 0. The smallest absolute Gasteiger partial charge is 0.341 e. The van der Waals surface area contributed by atoms with Crippen LogP contribution in [0.1, 0.15) is 46.1 Å². The largest absolute Gasteiger partial charge is 0.483 e. The van der Waals surface area contributed by atoms with Crippen LogP contribution in [0.15, 0.2) is 45.3 Å². The first-order chi connectivity index (χ1) is 15.6. The van der Waals surface area contributed by atoms with Crippen molar-refractivity contribution in [2.24, 2.45) is 0 Å². The Morgan fingerprint density at radius 1 is 1.09 bits per heavy atom. The molecule has 174 valence electrons. The minimum Gasteiger partial charge on any atom is -0.483 e. The molecule has 1 heterocycles. The van der Waals surface area contributed by atoms with Gasteiger partial charge >= 0.3 is 5.97 Å². The summed E-state index contributed by atoms with van der Waals surface area (Å²) in [6, 6.07) is 11.6. The zero-order chi connectivity index (χ0) is 24.3. The number of thiophene rings is 1. The van der Waals surface area contributed by atoms with Gasteiger partial charge < -0.3 is 14.8 Å². The van der Waals surface area contributed by atoms with Gasteiger partial charge in [0.25, 0.3) is 5.91 Å². The van der Waals surface area contributed by atoms with Gasteiger partial charge in [-0.25, -0.2) is 4.79 Å². The number of benzene rings is 2. The van der Waals surface area contributed by atoms with Gasteiger partial charge in [-0.3, -0.25) is 4.79 Å². The monoisotopic (exact) mass is 593 g/mol. The van der Waals surface area contributed by atoms with Gasteiger partial charge in [0, 0.05) is 19.4 Å². The summed E-state index contributed by atoms with van der Waals surface area (Å²) in [4.78, 5) is 26.3. The summed E-state index contributed by atoms with van der Waals surface area (Å²) in [5, 5.41) is 3.29. The zero-order valence-electron chi connectivity index (χ0n) is 19.0. The summed E-state index contributed by atoms with van der Waals surface area (Å²) >= 11 is 8.33. The molecule has 0 unspecified atom stereocenters. The molecule has 0 bridgehead atoms. The normalized spacial score (nSPS) is 10.9. The number of nitrogens with one attached hydrogen (secondary N) is 1. The van der Waals surface area contributed by atoms with E-state index in [0.717, 1.165) is 36.1 Å². The molecule has 3 rings (SSSR count). The van der Waals surface area contributed by atoms with Crippen LogP contribution >= 0.6 is 43.2 Å². The summed E-state index contributed by atoms with van der Waals surface area (Å²) in [6.45, 7) is 7.86. The lowest BCUT2D eigenvalue weighted by atomic mass is 10.0. The Bertz CT molecular complexity index is 1190. The highest BCUT2D eigenvalue weighted by Gasteiger charge is 2.25. The second-order valence-electron chi connectivity index (χ2n) is 7.87. The highest BCUT2D eigenvalue weighted by atomic mass is 79.9. The molecule has 0 atom stereocenters. The second kappa shape index (κ2) is 10.8. The lowest BCUT2D eigenvalue weighted by Gasteiger charge is -2.16. The first kappa shape index (κ1) is 25.5. The van der Waals surface area contributed by atoms with E-state index in [2.05, 4.69) is 51.0 Å². The van der Waals surface area contributed by atoms with Gasteiger partial charge in [0.05, 0.1) is 7.11 Å². The number of halogens is 2. The maximum absolute atomic E-state index is 12.8. The average Bonchev–Trinajstić information content (AvgIpc) is 3.09. The van der Waals surface area contributed by atoms with Crippen LogP contribution in [0, 0.1) is 13.8 Å². The lowest BCUT2D eigenvalue weighted by Crippen LogP contribution is -2.21. The molecule has 3 aromatic rings. The number of carbonyl (C=O) groups excluding carboxylic acids is 2. The Balaban J connectivity index is 1.86. The molecule has 33 heavy (non-hydrogen) atoms. The quantitative estimate of drug-likeness (QED) is 0.288. The number of amides is 1. The van der Waals surface area contributed by atoms with E-state index in [4.69, 9.17) is 9.47 Å². The van der Waals surface area contributed by atoms with Gasteiger partial charge in [-0.1, -0.05) is 57.8 Å². The number of aryl methyl sites for hydroxylation is 2. The van der Waals surface area contributed by atoms with E-state index in [-0.39, 0.29) is 18.4 Å². The molecule has 5 nitrogen and oxygen atoms in total. The van der Waals surface area contributed by atoms with Gasteiger partial charge in [-0.05, 0) is 60.7 Å². The van der Waals surface area contributed by atoms with Crippen LogP contribution in [-0.4, -0.2) is 25.6 Å². The number of rotatable bonds is 7. The van der Waals surface area contributed by atoms with Gasteiger partial charge in [0.2, 0.25) is 0 Å². The average molecular weight is 595 g/mol. The van der Waals surface area contributed by atoms with Crippen molar-refractivity contribution in [1.29, 1.82) is 0 Å². The van der Waals surface area contributed by atoms with Gasteiger partial charge in [-0.15, -0.1) is 11.3 Å². The van der Waals surface area contributed by atoms with Crippen molar-refractivity contribution in [1.82, 2.24) is 0 Å². The standard InChI is InChI=1S/C25H25Br2NO4S/c1-13(2)18-11-19(27)14(3)10-20(18)32-12-21(29)28-24-23(25(30)31-5)22(15(4)33-24)16-6-8-17(26)9-7-16/h6-11,13H,12H2,1-5H3,(H,28,29). The molecular formula is C25H25Br2NO4S. The van der Waals surface area contributed by atoms with Crippen LogP contribution in [-0.2, 0) is 9.53 Å². The Hall–Kier alpha value is -2.16. The van der Waals surface area contributed by atoms with E-state index in [9.17, 15) is 9.59 Å². The Morgan fingerprint density at radius 3 is 2.36 bits per heavy atom. The number of anilines is 1. The maximum Gasteiger partial charge on any atom is 0.341 e. The fourth-order valence-electron chi connectivity index (χ4n) is 3.45. The maximum atomic E-state index is 12.8. The fraction of sp³-hybridized carbons (Fsp3) is 0.280. The summed E-state index contributed by atoms with van der Waals surface area (Å²) < 4.78 is 12.8.